The van der Waals surface area contributed by atoms with Crippen LogP contribution in [0.25, 0.3) is 0 Å². The Morgan fingerprint density at radius 1 is 0.247 bits per heavy atom. The summed E-state index contributed by atoms with van der Waals surface area (Å²) in [5.74, 6) is -0.135. The molecule has 0 aliphatic heterocycles. The minimum atomic E-state index is -1.57. The number of hydrogen-bond donors (Lipinski definition) is 5. The van der Waals surface area contributed by atoms with Crippen LogP contribution in [0.2, 0.25) is 0 Å². The molecule has 0 aromatic carbocycles. The van der Waals surface area contributed by atoms with Crippen LogP contribution in [0.15, 0.2) is 0 Å². The Morgan fingerprint density at radius 2 is 0.416 bits per heavy atom. The largest absolute Gasteiger partial charge is 0.394 e. The van der Waals surface area contributed by atoms with Crippen molar-refractivity contribution in [3.05, 3.63) is 0 Å². The molecule has 0 saturated carbocycles. The van der Waals surface area contributed by atoms with Crippen LogP contribution in [-0.4, -0.2) is 56.1 Å². The second kappa shape index (κ2) is 63.4. The second-order valence-corrected chi connectivity index (χ2v) is 25.9. The molecule has 0 saturated heterocycles. The summed E-state index contributed by atoms with van der Waals surface area (Å²) in [6.07, 6.45) is 78.2. The van der Waals surface area contributed by atoms with E-state index in [2.05, 4.69) is 20.8 Å². The van der Waals surface area contributed by atoms with Gasteiger partial charge in [-0.1, -0.05) is 406 Å². The third-order valence-corrected chi connectivity index (χ3v) is 18.4. The van der Waals surface area contributed by atoms with Gasteiger partial charge in [0.05, 0.1) is 12.2 Å². The minimum Gasteiger partial charge on any atom is -0.394 e. The van der Waals surface area contributed by atoms with Gasteiger partial charge in [0.1, 0.15) is 18.3 Å². The first-order valence-electron chi connectivity index (χ1n) is 36.3. The molecule has 77 heavy (non-hydrogen) atoms. The number of rotatable bonds is 68. The molecule has 0 aromatic heterocycles. The van der Waals surface area contributed by atoms with Crippen LogP contribution in [0, 0.1) is 5.92 Å². The van der Waals surface area contributed by atoms with Gasteiger partial charge in [-0.25, -0.2) is 0 Å². The summed E-state index contributed by atoms with van der Waals surface area (Å²) >= 11 is 0. The van der Waals surface area contributed by atoms with E-state index in [9.17, 15) is 25.5 Å². The van der Waals surface area contributed by atoms with Gasteiger partial charge in [0.25, 0.3) is 0 Å². The Labute approximate surface area is 485 Å². The van der Waals surface area contributed by atoms with Crippen LogP contribution in [0.1, 0.15) is 425 Å². The molecule has 0 rings (SSSR count). The number of aliphatic hydroxyl groups excluding tert-OH is 4. The topological polar surface area (TPSA) is 101 Å². The van der Waals surface area contributed by atoms with E-state index in [1.807, 2.05) is 0 Å². The molecule has 5 heteroatoms. The van der Waals surface area contributed by atoms with Crippen molar-refractivity contribution in [2.24, 2.45) is 5.92 Å². The summed E-state index contributed by atoms with van der Waals surface area (Å²) in [6.45, 7) is 6.26. The van der Waals surface area contributed by atoms with Crippen molar-refractivity contribution in [1.82, 2.24) is 0 Å². The van der Waals surface area contributed by atoms with Crippen LogP contribution in [0.3, 0.4) is 0 Å². The summed E-state index contributed by atoms with van der Waals surface area (Å²) in [5.41, 5.74) is -1.48. The maximum absolute atomic E-state index is 12.6. The fourth-order valence-electron chi connectivity index (χ4n) is 12.8. The molecule has 0 unspecified atom stereocenters. The molecule has 0 heterocycles. The third kappa shape index (κ3) is 52.4. The lowest BCUT2D eigenvalue weighted by Crippen LogP contribution is -2.57. The van der Waals surface area contributed by atoms with E-state index < -0.39 is 30.5 Å². The van der Waals surface area contributed by atoms with E-state index >= 15 is 0 Å². The van der Waals surface area contributed by atoms with Gasteiger partial charge < -0.3 is 25.5 Å². The van der Waals surface area contributed by atoms with Crippen LogP contribution < -0.4 is 0 Å². The van der Waals surface area contributed by atoms with Crippen molar-refractivity contribution in [2.45, 2.75) is 449 Å². The SMILES string of the molecule is CCCCCCCCCCCCCCCCCCCCCCC(CCCCCCCCCCCCCCCCCCCCCC)[C@](O)(CCCCCCCCCCCCCCCCCCCCCC)[C@@H](O)[C@H](O)[C@H](O)CO. The summed E-state index contributed by atoms with van der Waals surface area (Å²) in [5, 5.41) is 55.7. The van der Waals surface area contributed by atoms with Crippen molar-refractivity contribution in [2.75, 3.05) is 6.61 Å². The Kier molecular flexibility index (Phi) is 63.2. The van der Waals surface area contributed by atoms with Crippen molar-refractivity contribution in [3.63, 3.8) is 0 Å². The van der Waals surface area contributed by atoms with Crippen molar-refractivity contribution in [1.29, 1.82) is 0 Å². The lowest BCUT2D eigenvalue weighted by atomic mass is 9.71. The zero-order valence-electron chi connectivity index (χ0n) is 53.3. The third-order valence-electron chi connectivity index (χ3n) is 18.4. The minimum absolute atomic E-state index is 0.135. The molecule has 0 aliphatic rings. The molecular formula is C72H146O5. The van der Waals surface area contributed by atoms with E-state index in [-0.39, 0.29) is 5.92 Å². The molecule has 0 spiro atoms. The van der Waals surface area contributed by atoms with Gasteiger partial charge in [0.15, 0.2) is 0 Å². The second-order valence-electron chi connectivity index (χ2n) is 25.9. The summed E-state index contributed by atoms with van der Waals surface area (Å²) in [4.78, 5) is 0. The molecule has 5 nitrogen and oxygen atoms in total. The number of aliphatic hydroxyl groups is 5. The lowest BCUT2D eigenvalue weighted by Gasteiger charge is -2.43. The van der Waals surface area contributed by atoms with Gasteiger partial charge in [0, 0.05) is 0 Å². The highest BCUT2D eigenvalue weighted by Gasteiger charge is 2.46. The van der Waals surface area contributed by atoms with Crippen molar-refractivity contribution in [3.8, 4) is 0 Å². The van der Waals surface area contributed by atoms with E-state index in [0.717, 1.165) is 57.8 Å². The predicted molar refractivity (Wildman–Crippen MR) is 341 cm³/mol. The van der Waals surface area contributed by atoms with E-state index in [0.29, 0.717) is 6.42 Å². The first-order chi connectivity index (χ1) is 37.9. The fraction of sp³-hybridized carbons (Fsp3) is 1.00. The molecule has 0 fully saturated rings. The van der Waals surface area contributed by atoms with Gasteiger partial charge in [-0.05, 0) is 25.2 Å². The molecule has 5 N–H and O–H groups in total. The Hall–Kier alpha value is -0.200. The molecule has 464 valence electrons. The molecule has 0 aliphatic carbocycles. The Bertz CT molecular complexity index is 1030. The van der Waals surface area contributed by atoms with Gasteiger partial charge in [-0.3, -0.25) is 0 Å². The van der Waals surface area contributed by atoms with Crippen LogP contribution in [0.4, 0.5) is 0 Å². The van der Waals surface area contributed by atoms with Gasteiger partial charge in [0.2, 0.25) is 0 Å². The number of unbranched alkanes of at least 4 members (excludes halogenated alkanes) is 57. The van der Waals surface area contributed by atoms with Gasteiger partial charge in [-0.15, -0.1) is 0 Å². The first-order valence-corrected chi connectivity index (χ1v) is 36.3. The first kappa shape index (κ1) is 76.8. The van der Waals surface area contributed by atoms with E-state index in [1.165, 1.54) is 340 Å². The molecule has 0 amide bonds. The average molecular weight is 1090 g/mol. The van der Waals surface area contributed by atoms with Crippen molar-refractivity contribution < 1.29 is 25.5 Å². The van der Waals surface area contributed by atoms with Crippen LogP contribution in [0.5, 0.6) is 0 Å². The highest BCUT2D eigenvalue weighted by molar-refractivity contribution is 4.98. The molecule has 0 aromatic rings. The average Bonchev–Trinajstić information content (AvgIpc) is 3.44. The number of hydrogen-bond acceptors (Lipinski definition) is 5. The standard InChI is InChI=1S/C72H146O5/c1-4-7-10-13-16-19-22-25-28-31-34-37-40-43-46-49-52-55-58-61-64-68(65-62-59-56-53-50-47-44-41-38-35-32-29-26-23-20-17-14-11-8-5-2)72(77,71(76)70(75)69(74)67-73)66-63-60-57-54-51-48-45-42-39-36-33-30-27-24-21-18-15-12-9-6-3/h68-71,73-77H,4-67H2,1-3H3/t69-,70-,71+,72-/m1/s1. The highest BCUT2D eigenvalue weighted by Crippen LogP contribution is 2.38. The zero-order valence-corrected chi connectivity index (χ0v) is 53.3. The maximum Gasteiger partial charge on any atom is 0.111 e. The van der Waals surface area contributed by atoms with E-state index in [4.69, 9.17) is 0 Å². The highest BCUT2D eigenvalue weighted by atomic mass is 16.4. The normalized spacial score (nSPS) is 14.0. The van der Waals surface area contributed by atoms with Gasteiger partial charge in [-0.2, -0.15) is 0 Å². The fourth-order valence-corrected chi connectivity index (χ4v) is 12.8. The Morgan fingerprint density at radius 3 is 0.597 bits per heavy atom. The molecule has 0 radical (unpaired) electrons. The maximum atomic E-state index is 12.6. The monoisotopic (exact) mass is 1090 g/mol. The smallest absolute Gasteiger partial charge is 0.111 e. The lowest BCUT2D eigenvalue weighted by molar-refractivity contribution is -0.185. The summed E-state index contributed by atoms with van der Waals surface area (Å²) in [7, 11) is 0. The predicted octanol–water partition coefficient (Wildman–Crippen LogP) is 23.0. The molecule has 0 bridgehead atoms. The zero-order chi connectivity index (χ0) is 56.1. The summed E-state index contributed by atoms with van der Waals surface area (Å²) < 4.78 is 0. The Balaban J connectivity index is 4.82. The molecular weight excluding hydrogens is 945 g/mol. The van der Waals surface area contributed by atoms with Gasteiger partial charge >= 0.3 is 0 Å². The van der Waals surface area contributed by atoms with E-state index in [1.54, 1.807) is 0 Å². The quantitative estimate of drug-likeness (QED) is 0.0391. The van der Waals surface area contributed by atoms with Crippen LogP contribution in [-0.2, 0) is 0 Å². The van der Waals surface area contributed by atoms with Crippen molar-refractivity contribution >= 4 is 0 Å². The summed E-state index contributed by atoms with van der Waals surface area (Å²) in [6, 6.07) is 0. The molecule has 4 atom stereocenters. The van der Waals surface area contributed by atoms with Crippen LogP contribution >= 0.6 is 0 Å².